The van der Waals surface area contributed by atoms with E-state index < -0.39 is 28.9 Å². The Morgan fingerprint density at radius 2 is 1.79 bits per heavy atom. The molecule has 4 rings (SSSR count). The molecule has 0 radical (unpaired) electrons. The van der Waals surface area contributed by atoms with Crippen LogP contribution in [0.2, 0.25) is 0 Å². The first kappa shape index (κ1) is 22.7. The number of esters is 1. The van der Waals surface area contributed by atoms with Crippen LogP contribution in [0.3, 0.4) is 0 Å². The lowest BCUT2D eigenvalue weighted by molar-refractivity contribution is -0.508. The third kappa shape index (κ3) is 5.30. The molecule has 2 aromatic rings. The number of hydrogen-bond acceptors (Lipinski definition) is 5. The van der Waals surface area contributed by atoms with Gasteiger partial charge in [0.15, 0.2) is 0 Å². The summed E-state index contributed by atoms with van der Waals surface area (Å²) in [6.45, 7) is 0.117. The predicted molar refractivity (Wildman–Crippen MR) is 123 cm³/mol. The molecule has 1 saturated heterocycles. The van der Waals surface area contributed by atoms with Gasteiger partial charge in [-0.05, 0) is 36.3 Å². The maximum Gasteiger partial charge on any atom is 0.329 e. The number of hydrogen-bond donors (Lipinski definition) is 0. The average Bonchev–Trinajstić information content (AvgIpc) is 3.42. The van der Waals surface area contributed by atoms with Crippen LogP contribution in [0.15, 0.2) is 66.7 Å². The van der Waals surface area contributed by atoms with Crippen LogP contribution in [0.5, 0.6) is 0 Å². The standard InChI is InChI=1S/C26H28N2O5/c29-25(23(28(31)32)16-7-13-19-9-3-1-4-10-19)27-22-15-8-14-21(22)17-24(27)26(30)33-18-20-11-5-2-6-12-20/h1-7,9-13,21-24H,8,14-18H2/b13-7+/t21-,22-,23?,24-/m1/s1. The van der Waals surface area contributed by atoms with Gasteiger partial charge in [0.25, 0.3) is 11.9 Å². The van der Waals surface area contributed by atoms with Gasteiger partial charge in [-0.1, -0.05) is 79.2 Å². The second-order valence-corrected chi connectivity index (χ2v) is 8.70. The van der Waals surface area contributed by atoms with Gasteiger partial charge in [0.2, 0.25) is 0 Å². The van der Waals surface area contributed by atoms with Gasteiger partial charge in [0.05, 0.1) is 0 Å². The third-order valence-corrected chi connectivity index (χ3v) is 6.60. The Morgan fingerprint density at radius 3 is 2.48 bits per heavy atom. The van der Waals surface area contributed by atoms with E-state index >= 15 is 0 Å². The molecule has 0 bridgehead atoms. The van der Waals surface area contributed by atoms with Gasteiger partial charge in [0.1, 0.15) is 12.6 Å². The van der Waals surface area contributed by atoms with Gasteiger partial charge in [-0.15, -0.1) is 0 Å². The molecule has 2 aliphatic rings. The van der Waals surface area contributed by atoms with E-state index in [-0.39, 0.29) is 25.0 Å². The zero-order valence-corrected chi connectivity index (χ0v) is 18.4. The van der Waals surface area contributed by atoms with Crippen LogP contribution in [0.1, 0.15) is 43.2 Å². The highest BCUT2D eigenvalue weighted by molar-refractivity contribution is 5.88. The summed E-state index contributed by atoms with van der Waals surface area (Å²) < 4.78 is 5.52. The SMILES string of the molecule is O=C(OCc1ccccc1)[C@H]1C[C@H]2CCC[C@H]2N1C(=O)C(C/C=C/c1ccccc1)[N+](=O)[O-]. The van der Waals surface area contributed by atoms with Gasteiger partial charge in [0, 0.05) is 17.4 Å². The zero-order valence-electron chi connectivity index (χ0n) is 18.4. The topological polar surface area (TPSA) is 89.8 Å². The van der Waals surface area contributed by atoms with E-state index in [1.807, 2.05) is 60.7 Å². The van der Waals surface area contributed by atoms with E-state index in [4.69, 9.17) is 4.74 Å². The number of carbonyl (C=O) groups excluding carboxylic acids is 2. The van der Waals surface area contributed by atoms with E-state index in [0.29, 0.717) is 6.42 Å². The Balaban J connectivity index is 1.48. The molecule has 4 atom stereocenters. The van der Waals surface area contributed by atoms with Gasteiger partial charge < -0.3 is 9.64 Å². The number of likely N-dealkylation sites (tertiary alicyclic amines) is 1. The van der Waals surface area contributed by atoms with Crippen molar-refractivity contribution in [1.29, 1.82) is 0 Å². The maximum atomic E-state index is 13.4. The molecule has 33 heavy (non-hydrogen) atoms. The molecular weight excluding hydrogens is 420 g/mol. The van der Waals surface area contributed by atoms with Crippen molar-refractivity contribution in [1.82, 2.24) is 4.90 Å². The summed E-state index contributed by atoms with van der Waals surface area (Å²) in [5.41, 5.74) is 1.77. The molecular formula is C26H28N2O5. The molecule has 2 fully saturated rings. The summed E-state index contributed by atoms with van der Waals surface area (Å²) in [7, 11) is 0. The number of nitrogens with zero attached hydrogens (tertiary/aromatic N) is 2. The van der Waals surface area contributed by atoms with Crippen LogP contribution in [0.4, 0.5) is 0 Å². The summed E-state index contributed by atoms with van der Waals surface area (Å²) in [6.07, 6.45) is 6.57. The van der Waals surface area contributed by atoms with E-state index in [1.165, 1.54) is 4.90 Å². The molecule has 1 aliphatic carbocycles. The van der Waals surface area contributed by atoms with Crippen molar-refractivity contribution < 1.29 is 19.2 Å². The number of amides is 1. The van der Waals surface area contributed by atoms with Crippen molar-refractivity contribution in [2.24, 2.45) is 5.92 Å². The molecule has 1 saturated carbocycles. The highest BCUT2D eigenvalue weighted by Gasteiger charge is 2.52. The summed E-state index contributed by atoms with van der Waals surface area (Å²) >= 11 is 0. The number of benzene rings is 2. The van der Waals surface area contributed by atoms with Crippen molar-refractivity contribution in [3.8, 4) is 0 Å². The molecule has 1 amide bonds. The lowest BCUT2D eigenvalue weighted by atomic mass is 10.0. The highest BCUT2D eigenvalue weighted by Crippen LogP contribution is 2.42. The van der Waals surface area contributed by atoms with E-state index in [0.717, 1.165) is 30.4 Å². The summed E-state index contributed by atoms with van der Waals surface area (Å²) in [5, 5.41) is 11.8. The summed E-state index contributed by atoms with van der Waals surface area (Å²) in [6, 6.07) is 16.5. The lowest BCUT2D eigenvalue weighted by Gasteiger charge is -2.29. The van der Waals surface area contributed by atoms with Gasteiger partial charge in [-0.3, -0.25) is 14.9 Å². The van der Waals surface area contributed by atoms with Crippen molar-refractivity contribution in [2.45, 2.75) is 56.8 Å². The normalized spacial score (nSPS) is 22.8. The molecule has 1 unspecified atom stereocenters. The van der Waals surface area contributed by atoms with E-state index in [2.05, 4.69) is 0 Å². The van der Waals surface area contributed by atoms with Crippen molar-refractivity contribution >= 4 is 18.0 Å². The number of rotatable bonds is 8. The minimum atomic E-state index is -1.42. The van der Waals surface area contributed by atoms with Crippen molar-refractivity contribution in [3.05, 3.63) is 88.0 Å². The smallest absolute Gasteiger partial charge is 0.329 e. The first-order valence-corrected chi connectivity index (χ1v) is 11.4. The minimum Gasteiger partial charge on any atom is -0.459 e. The molecule has 0 N–H and O–H groups in total. The van der Waals surface area contributed by atoms with Crippen LogP contribution in [-0.2, 0) is 20.9 Å². The maximum absolute atomic E-state index is 13.4. The zero-order chi connectivity index (χ0) is 23.2. The Kier molecular flexibility index (Phi) is 7.17. The first-order chi connectivity index (χ1) is 16.0. The van der Waals surface area contributed by atoms with E-state index in [9.17, 15) is 19.7 Å². The van der Waals surface area contributed by atoms with Crippen LogP contribution >= 0.6 is 0 Å². The fourth-order valence-electron chi connectivity index (χ4n) is 4.99. The molecule has 7 nitrogen and oxygen atoms in total. The Morgan fingerprint density at radius 1 is 1.09 bits per heavy atom. The average molecular weight is 449 g/mol. The van der Waals surface area contributed by atoms with Gasteiger partial charge >= 0.3 is 5.97 Å². The molecule has 0 aromatic heterocycles. The van der Waals surface area contributed by atoms with Crippen LogP contribution < -0.4 is 0 Å². The molecule has 7 heteroatoms. The molecule has 2 aromatic carbocycles. The quantitative estimate of drug-likeness (QED) is 0.342. The largest absolute Gasteiger partial charge is 0.459 e. The minimum absolute atomic E-state index is 0.0274. The Labute approximate surface area is 193 Å². The fourth-order valence-corrected chi connectivity index (χ4v) is 4.99. The monoisotopic (exact) mass is 448 g/mol. The van der Waals surface area contributed by atoms with Crippen molar-refractivity contribution in [3.63, 3.8) is 0 Å². The molecule has 1 aliphatic heterocycles. The van der Waals surface area contributed by atoms with Crippen LogP contribution in [-0.4, -0.2) is 39.8 Å². The van der Waals surface area contributed by atoms with Crippen molar-refractivity contribution in [2.75, 3.05) is 0 Å². The lowest BCUT2D eigenvalue weighted by Crippen LogP contribution is -2.51. The number of nitro groups is 1. The van der Waals surface area contributed by atoms with Crippen LogP contribution in [0.25, 0.3) is 6.08 Å². The molecule has 0 spiro atoms. The number of carbonyl (C=O) groups is 2. The second-order valence-electron chi connectivity index (χ2n) is 8.70. The second kappa shape index (κ2) is 10.4. The Bertz CT molecular complexity index is 1010. The highest BCUT2D eigenvalue weighted by atomic mass is 16.6. The Hall–Kier alpha value is -3.48. The van der Waals surface area contributed by atoms with Gasteiger partial charge in [-0.2, -0.15) is 0 Å². The van der Waals surface area contributed by atoms with Crippen LogP contribution in [0, 0.1) is 16.0 Å². The molecule has 172 valence electrons. The van der Waals surface area contributed by atoms with E-state index in [1.54, 1.807) is 12.2 Å². The summed E-state index contributed by atoms with van der Waals surface area (Å²) in [5.74, 6) is -0.882. The third-order valence-electron chi connectivity index (χ3n) is 6.60. The number of fused-ring (bicyclic) bond motifs is 1. The fraction of sp³-hybridized carbons (Fsp3) is 0.385. The molecule has 1 heterocycles. The summed E-state index contributed by atoms with van der Waals surface area (Å²) in [4.78, 5) is 39.1. The predicted octanol–water partition coefficient (Wildman–Crippen LogP) is 4.25. The van der Waals surface area contributed by atoms with Gasteiger partial charge in [-0.25, -0.2) is 4.79 Å². The number of ether oxygens (including phenoxy) is 1. The first-order valence-electron chi connectivity index (χ1n) is 11.4.